The van der Waals surface area contributed by atoms with Crippen LogP contribution in [0.2, 0.25) is 0 Å². The van der Waals surface area contributed by atoms with E-state index in [4.69, 9.17) is 14.9 Å². The first-order valence-corrected chi connectivity index (χ1v) is 11.6. The molecule has 6 nitrogen and oxygen atoms in total. The van der Waals surface area contributed by atoms with Gasteiger partial charge in [0.1, 0.15) is 11.3 Å². The average molecular weight is 437 g/mol. The van der Waals surface area contributed by atoms with E-state index in [0.29, 0.717) is 34.9 Å². The topological polar surface area (TPSA) is 91.6 Å². The van der Waals surface area contributed by atoms with Gasteiger partial charge in [-0.2, -0.15) is 0 Å². The van der Waals surface area contributed by atoms with Gasteiger partial charge < -0.3 is 25.5 Å². The van der Waals surface area contributed by atoms with Crippen LogP contribution in [0.4, 0.5) is 11.6 Å². The highest BCUT2D eigenvalue weighted by molar-refractivity contribution is 6.19. The number of ketones is 1. The van der Waals surface area contributed by atoms with E-state index in [1.54, 1.807) is 30.3 Å². The van der Waals surface area contributed by atoms with E-state index in [2.05, 4.69) is 24.5 Å². The molecule has 6 heteroatoms. The Labute approximate surface area is 190 Å². The molecule has 3 N–H and O–H groups in total. The Bertz CT molecular complexity index is 995. The van der Waals surface area contributed by atoms with Gasteiger partial charge in [-0.25, -0.2) is 0 Å². The van der Waals surface area contributed by atoms with Crippen molar-refractivity contribution in [3.05, 3.63) is 58.9 Å². The molecule has 0 fully saturated rings. The van der Waals surface area contributed by atoms with Gasteiger partial charge in [0.2, 0.25) is 5.88 Å². The smallest absolute Gasteiger partial charge is 0.205 e. The van der Waals surface area contributed by atoms with Gasteiger partial charge in [-0.1, -0.05) is 33.1 Å². The first-order chi connectivity index (χ1) is 15.6. The number of anilines is 2. The molecule has 0 amide bonds. The number of carbonyl (C=O) groups is 1. The van der Waals surface area contributed by atoms with Crippen LogP contribution in [-0.4, -0.2) is 32.0 Å². The lowest BCUT2D eigenvalue weighted by Crippen LogP contribution is -2.07. The molecule has 3 aromatic rings. The molecule has 0 aliphatic heterocycles. The maximum atomic E-state index is 13.4. The van der Waals surface area contributed by atoms with E-state index in [1.165, 1.54) is 6.42 Å². The molecule has 3 rings (SSSR count). The van der Waals surface area contributed by atoms with Crippen LogP contribution >= 0.6 is 0 Å². The summed E-state index contributed by atoms with van der Waals surface area (Å²) in [6.45, 7) is 7.39. The molecule has 1 aromatic heterocycles. The Morgan fingerprint density at radius 3 is 2.53 bits per heavy atom. The predicted molar refractivity (Wildman–Crippen MR) is 132 cm³/mol. The molecule has 172 valence electrons. The zero-order chi connectivity index (χ0) is 22.8. The number of furan rings is 1. The maximum Gasteiger partial charge on any atom is 0.205 e. The minimum Gasteiger partial charge on any atom is -0.662 e. The Morgan fingerprint density at radius 2 is 1.78 bits per heavy atom. The van der Waals surface area contributed by atoms with Crippen molar-refractivity contribution in [3.63, 3.8) is 0 Å². The second-order valence-corrected chi connectivity index (χ2v) is 7.92. The number of nitrogen functional groups attached to an aromatic ring is 1. The Morgan fingerprint density at radius 1 is 1.03 bits per heavy atom. The fraction of sp³-hybridized carbons (Fsp3) is 0.423. The van der Waals surface area contributed by atoms with Gasteiger partial charge in [0.15, 0.2) is 5.78 Å². The van der Waals surface area contributed by atoms with Crippen LogP contribution in [0.1, 0.15) is 61.9 Å². The number of nitrogens with one attached hydrogen (secondary N) is 1. The molecule has 32 heavy (non-hydrogen) atoms. The summed E-state index contributed by atoms with van der Waals surface area (Å²) in [5.41, 5.74) is 8.32. The van der Waals surface area contributed by atoms with E-state index in [0.717, 1.165) is 56.5 Å². The highest BCUT2D eigenvalue weighted by Crippen LogP contribution is 2.33. The van der Waals surface area contributed by atoms with Crippen molar-refractivity contribution in [3.8, 4) is 5.75 Å². The zero-order valence-corrected chi connectivity index (χ0v) is 19.2. The molecule has 1 heterocycles. The highest BCUT2D eigenvalue weighted by atomic mass is 16.5. The Balaban J connectivity index is 1.68. The number of nitrogens with two attached hydrogens (primary N) is 1. The molecule has 0 aliphatic carbocycles. The van der Waals surface area contributed by atoms with Gasteiger partial charge >= 0.3 is 0 Å². The van der Waals surface area contributed by atoms with Crippen LogP contribution in [-0.2, 0) is 0 Å². The predicted octanol–water partition coefficient (Wildman–Crippen LogP) is 6.40. The first-order valence-electron chi connectivity index (χ1n) is 11.6. The normalized spacial score (nSPS) is 11.1. The largest absolute Gasteiger partial charge is 0.662 e. The fourth-order valence-corrected chi connectivity index (χ4v) is 3.44. The summed E-state index contributed by atoms with van der Waals surface area (Å²) in [7, 11) is 0. The molecule has 0 unspecified atom stereocenters. The van der Waals surface area contributed by atoms with Crippen molar-refractivity contribution in [2.24, 2.45) is 0 Å². The number of ether oxygens (including phenoxy) is 1. The summed E-state index contributed by atoms with van der Waals surface area (Å²) in [5.74, 6) is 1.14. The van der Waals surface area contributed by atoms with Crippen LogP contribution in [0, 0.1) is 0 Å². The van der Waals surface area contributed by atoms with Crippen LogP contribution in [0.5, 0.6) is 5.75 Å². The van der Waals surface area contributed by atoms with Crippen LogP contribution in [0.25, 0.3) is 16.3 Å². The third-order valence-electron chi connectivity index (χ3n) is 5.27. The lowest BCUT2D eigenvalue weighted by Gasteiger charge is -2.17. The third kappa shape index (κ3) is 6.26. The summed E-state index contributed by atoms with van der Waals surface area (Å²) in [6, 6.07) is 12.6. The standard InChI is InChI=1S/C26H34N3O3/c1-3-5-14-28-15-7-17-31-21-11-8-19(9-12-21)25(30)24-22-18-20(27)10-13-23(22)32-26(24)29-16-6-4-2/h8-13,18,29H,3-7,14-17,27H2,1-2H3/q-1. The quantitative estimate of drug-likeness (QED) is 0.173. The zero-order valence-electron chi connectivity index (χ0n) is 19.2. The summed E-state index contributed by atoms with van der Waals surface area (Å²) in [5, 5.41) is 8.47. The molecule has 0 bridgehead atoms. The van der Waals surface area contributed by atoms with Gasteiger partial charge in [-0.05, 0) is 55.3 Å². The van der Waals surface area contributed by atoms with Crippen molar-refractivity contribution in [1.82, 2.24) is 0 Å². The minimum atomic E-state index is -0.102. The van der Waals surface area contributed by atoms with E-state index >= 15 is 0 Å². The second kappa shape index (κ2) is 12.2. The lowest BCUT2D eigenvalue weighted by molar-refractivity contribution is 0.104. The molecule has 0 radical (unpaired) electrons. The van der Waals surface area contributed by atoms with Crippen molar-refractivity contribution in [2.75, 3.05) is 37.3 Å². The third-order valence-corrected chi connectivity index (χ3v) is 5.27. The fourth-order valence-electron chi connectivity index (χ4n) is 3.44. The Hall–Kier alpha value is -2.99. The van der Waals surface area contributed by atoms with E-state index < -0.39 is 0 Å². The van der Waals surface area contributed by atoms with Gasteiger partial charge in [-0.3, -0.25) is 4.79 Å². The summed E-state index contributed by atoms with van der Waals surface area (Å²) >= 11 is 0. The molecule has 0 spiro atoms. The van der Waals surface area contributed by atoms with Gasteiger partial charge in [0.05, 0.1) is 12.2 Å². The molecule has 0 saturated heterocycles. The first kappa shape index (κ1) is 23.7. The molecular weight excluding hydrogens is 402 g/mol. The molecule has 0 aliphatic rings. The van der Waals surface area contributed by atoms with Crippen molar-refractivity contribution >= 4 is 28.3 Å². The molecular formula is C26H34N3O3-. The number of nitrogens with zero attached hydrogens (tertiary/aromatic N) is 1. The van der Waals surface area contributed by atoms with Gasteiger partial charge in [0.25, 0.3) is 0 Å². The second-order valence-electron chi connectivity index (χ2n) is 7.92. The summed E-state index contributed by atoms with van der Waals surface area (Å²) in [4.78, 5) is 13.4. The summed E-state index contributed by atoms with van der Waals surface area (Å²) in [6.07, 6.45) is 5.25. The monoisotopic (exact) mass is 436 g/mol. The number of unbranched alkanes of at least 4 members (excludes halogenated alkanes) is 2. The SMILES string of the molecule is CCCC[N-]CCCOc1ccc(C(=O)c2c(NCCCC)oc3ccc(N)cc23)cc1. The van der Waals surface area contributed by atoms with Crippen molar-refractivity contribution in [2.45, 2.75) is 46.0 Å². The van der Waals surface area contributed by atoms with Crippen LogP contribution in [0.3, 0.4) is 0 Å². The number of carbonyl (C=O) groups excluding carboxylic acids is 1. The lowest BCUT2D eigenvalue weighted by atomic mass is 10.0. The number of rotatable bonds is 14. The van der Waals surface area contributed by atoms with E-state index in [1.807, 2.05) is 12.1 Å². The molecule has 2 aromatic carbocycles. The Kier molecular flexibility index (Phi) is 8.99. The maximum absolute atomic E-state index is 13.4. The van der Waals surface area contributed by atoms with Crippen molar-refractivity contribution < 1.29 is 13.9 Å². The van der Waals surface area contributed by atoms with Crippen LogP contribution < -0.4 is 15.8 Å². The number of benzene rings is 2. The highest BCUT2D eigenvalue weighted by Gasteiger charge is 2.22. The average Bonchev–Trinajstić information content (AvgIpc) is 3.16. The van der Waals surface area contributed by atoms with Crippen LogP contribution in [0.15, 0.2) is 46.9 Å². The molecule has 0 saturated carbocycles. The van der Waals surface area contributed by atoms with E-state index in [9.17, 15) is 4.79 Å². The van der Waals surface area contributed by atoms with E-state index in [-0.39, 0.29) is 5.78 Å². The number of fused-ring (bicyclic) bond motifs is 1. The van der Waals surface area contributed by atoms with Crippen molar-refractivity contribution in [1.29, 1.82) is 0 Å². The molecule has 0 atom stereocenters. The van der Waals surface area contributed by atoms with Gasteiger partial charge in [0, 0.05) is 23.2 Å². The van der Waals surface area contributed by atoms with Gasteiger partial charge in [-0.15, -0.1) is 13.1 Å². The number of hydrogen-bond donors (Lipinski definition) is 2. The number of hydrogen-bond acceptors (Lipinski definition) is 5. The summed E-state index contributed by atoms with van der Waals surface area (Å²) < 4.78 is 11.7. The minimum absolute atomic E-state index is 0.102.